The van der Waals surface area contributed by atoms with Crippen LogP contribution in [0.3, 0.4) is 0 Å². The first-order valence-electron chi connectivity index (χ1n) is 2.87. The van der Waals surface area contributed by atoms with Crippen LogP contribution in [0.1, 0.15) is 1.43 Å². The normalized spacial score (nSPS) is 8.69. The molecule has 0 fully saturated rings. The SMILES string of the molecule is O=C(O)COB(O)OCC(=O)O.[H-].[Li+]. The smallest absolute Gasteiger partial charge is 1.00 e. The van der Waals surface area contributed by atoms with E-state index >= 15 is 0 Å². The van der Waals surface area contributed by atoms with Gasteiger partial charge < -0.3 is 26.0 Å². The zero-order chi connectivity index (χ0) is 9.56. The van der Waals surface area contributed by atoms with Crippen LogP contribution in [0.2, 0.25) is 0 Å². The first-order chi connectivity index (χ1) is 5.52. The van der Waals surface area contributed by atoms with Crippen molar-refractivity contribution in [3.05, 3.63) is 0 Å². The molecule has 0 rings (SSSR count). The molecule has 9 heteroatoms. The molecule has 0 aromatic heterocycles. The summed E-state index contributed by atoms with van der Waals surface area (Å²) < 4.78 is 8.25. The van der Waals surface area contributed by atoms with Gasteiger partial charge in [-0.1, -0.05) is 0 Å². The zero-order valence-corrected chi connectivity index (χ0v) is 6.97. The molecule has 0 aromatic carbocycles. The molecule has 0 saturated heterocycles. The van der Waals surface area contributed by atoms with E-state index in [0.717, 1.165) is 0 Å². The Kier molecular flexibility index (Phi) is 9.33. The van der Waals surface area contributed by atoms with E-state index in [1.165, 1.54) is 0 Å². The van der Waals surface area contributed by atoms with Crippen molar-refractivity contribution in [1.29, 1.82) is 0 Å². The fraction of sp³-hybridized carbons (Fsp3) is 0.500. The van der Waals surface area contributed by atoms with Crippen LogP contribution in [0.5, 0.6) is 0 Å². The van der Waals surface area contributed by atoms with Crippen molar-refractivity contribution in [2.75, 3.05) is 13.2 Å². The van der Waals surface area contributed by atoms with Crippen LogP contribution in [0.4, 0.5) is 0 Å². The number of hydrogen-bond acceptors (Lipinski definition) is 5. The third kappa shape index (κ3) is 11.5. The van der Waals surface area contributed by atoms with Crippen LogP contribution in [-0.2, 0) is 18.9 Å². The van der Waals surface area contributed by atoms with Gasteiger partial charge in [-0.2, -0.15) is 0 Å². The molecule has 0 aliphatic carbocycles. The van der Waals surface area contributed by atoms with Crippen LogP contribution >= 0.6 is 0 Å². The monoisotopic (exact) mass is 186 g/mol. The van der Waals surface area contributed by atoms with E-state index in [0.29, 0.717) is 0 Å². The molecule has 0 saturated carbocycles. The predicted octanol–water partition coefficient (Wildman–Crippen LogP) is -4.72. The zero-order valence-electron chi connectivity index (χ0n) is 7.97. The predicted molar refractivity (Wildman–Crippen MR) is 36.3 cm³/mol. The Bertz CT molecular complexity index is 161. The van der Waals surface area contributed by atoms with Gasteiger partial charge in [0.05, 0.1) is 0 Å². The van der Waals surface area contributed by atoms with Crippen molar-refractivity contribution < 1.29 is 54.4 Å². The molecule has 0 bridgehead atoms. The maximum absolute atomic E-state index is 9.83. The number of aliphatic carboxylic acids is 2. The van der Waals surface area contributed by atoms with E-state index < -0.39 is 32.5 Å². The van der Waals surface area contributed by atoms with Gasteiger partial charge in [0, 0.05) is 0 Å². The summed E-state index contributed by atoms with van der Waals surface area (Å²) in [6.07, 6.45) is 0. The van der Waals surface area contributed by atoms with Gasteiger partial charge in [-0.25, -0.2) is 9.59 Å². The topological polar surface area (TPSA) is 113 Å². The molecule has 0 unspecified atom stereocenters. The quantitative estimate of drug-likeness (QED) is 0.357. The number of carbonyl (C=O) groups is 2. The van der Waals surface area contributed by atoms with Gasteiger partial charge in [0.25, 0.3) is 0 Å². The van der Waals surface area contributed by atoms with Crippen LogP contribution in [0.25, 0.3) is 0 Å². The Labute approximate surface area is 87.5 Å². The first kappa shape index (κ1) is 15.0. The summed E-state index contributed by atoms with van der Waals surface area (Å²) in [5.74, 6) is -2.57. The third-order valence-electron chi connectivity index (χ3n) is 0.699. The molecule has 0 heterocycles. The molecular weight excluding hydrogens is 178 g/mol. The number of rotatable bonds is 6. The molecule has 0 aromatic rings. The van der Waals surface area contributed by atoms with Gasteiger partial charge in [-0.15, -0.1) is 0 Å². The molecule has 7 nitrogen and oxygen atoms in total. The van der Waals surface area contributed by atoms with Gasteiger partial charge >= 0.3 is 38.1 Å². The van der Waals surface area contributed by atoms with Gasteiger partial charge in [-0.05, 0) is 0 Å². The van der Waals surface area contributed by atoms with Crippen LogP contribution in [-0.4, -0.2) is 47.7 Å². The fourth-order valence-corrected chi connectivity index (χ4v) is 0.333. The summed E-state index contributed by atoms with van der Waals surface area (Å²) in [6, 6.07) is 0. The molecule has 3 N–H and O–H groups in total. The third-order valence-corrected chi connectivity index (χ3v) is 0.699. The second-order valence-electron chi connectivity index (χ2n) is 1.72. The van der Waals surface area contributed by atoms with Crippen molar-refractivity contribution in [3.63, 3.8) is 0 Å². The molecule has 70 valence electrons. The van der Waals surface area contributed by atoms with Crippen LogP contribution in [0.15, 0.2) is 0 Å². The summed E-state index contributed by atoms with van der Waals surface area (Å²) in [6.45, 7) is -1.50. The largest absolute Gasteiger partial charge is 1.00 e. The van der Waals surface area contributed by atoms with Crippen molar-refractivity contribution >= 4 is 19.3 Å². The van der Waals surface area contributed by atoms with E-state index in [2.05, 4.69) is 9.31 Å². The van der Waals surface area contributed by atoms with Gasteiger partial charge in [0.15, 0.2) is 0 Å². The standard InChI is InChI=1S/C4H7BO7.Li.H/c6-3(7)1-11-5(10)12-2-4(8)9;;/h10H,1-2H2,(H,6,7)(H,8,9);;/q;+1;-1. The Morgan fingerprint density at radius 1 is 1.15 bits per heavy atom. The summed E-state index contributed by atoms with van der Waals surface area (Å²) in [5.41, 5.74) is 0. The summed E-state index contributed by atoms with van der Waals surface area (Å²) in [5, 5.41) is 24.6. The minimum atomic E-state index is -1.82. The summed E-state index contributed by atoms with van der Waals surface area (Å²) in [4.78, 5) is 19.7. The second kappa shape index (κ2) is 8.10. The maximum Gasteiger partial charge on any atom is 1.00 e. The van der Waals surface area contributed by atoms with E-state index in [-0.39, 0.29) is 20.3 Å². The molecule has 0 amide bonds. The molecule has 0 radical (unpaired) electrons. The van der Waals surface area contributed by atoms with Crippen molar-refractivity contribution in [3.8, 4) is 0 Å². The van der Waals surface area contributed by atoms with E-state index in [1.807, 2.05) is 0 Å². The van der Waals surface area contributed by atoms with Crippen molar-refractivity contribution in [2.45, 2.75) is 0 Å². The number of hydrogen-bond donors (Lipinski definition) is 3. The Morgan fingerprint density at radius 2 is 1.46 bits per heavy atom. The minimum absolute atomic E-state index is 0. The van der Waals surface area contributed by atoms with Crippen LogP contribution in [0, 0.1) is 0 Å². The van der Waals surface area contributed by atoms with E-state index in [4.69, 9.17) is 15.2 Å². The minimum Gasteiger partial charge on any atom is -1.00 e. The Morgan fingerprint density at radius 3 is 1.69 bits per heavy atom. The fourth-order valence-electron chi connectivity index (χ4n) is 0.333. The number of carboxylic acid groups (broad SMARTS) is 2. The van der Waals surface area contributed by atoms with Crippen molar-refractivity contribution in [2.24, 2.45) is 0 Å². The average molecular weight is 186 g/mol. The summed E-state index contributed by atoms with van der Waals surface area (Å²) in [7, 11) is -1.82. The summed E-state index contributed by atoms with van der Waals surface area (Å²) >= 11 is 0. The first-order valence-corrected chi connectivity index (χ1v) is 2.87. The van der Waals surface area contributed by atoms with E-state index in [1.54, 1.807) is 0 Å². The van der Waals surface area contributed by atoms with Crippen LogP contribution < -0.4 is 18.9 Å². The van der Waals surface area contributed by atoms with E-state index in [9.17, 15) is 9.59 Å². The Hall–Kier alpha value is -0.518. The van der Waals surface area contributed by atoms with Gasteiger partial charge in [-0.3, -0.25) is 0 Å². The average Bonchev–Trinajstić information content (AvgIpc) is 1.96. The molecule has 0 atom stereocenters. The Balaban J connectivity index is -0.000000605. The van der Waals surface area contributed by atoms with Crippen molar-refractivity contribution in [1.82, 2.24) is 0 Å². The van der Waals surface area contributed by atoms with Gasteiger partial charge in [0.2, 0.25) is 0 Å². The molecule has 0 spiro atoms. The second-order valence-corrected chi connectivity index (χ2v) is 1.72. The van der Waals surface area contributed by atoms with Gasteiger partial charge in [0.1, 0.15) is 13.2 Å². The molecule has 0 aliphatic rings. The number of carboxylic acids is 2. The maximum atomic E-state index is 9.83. The molecule has 0 aliphatic heterocycles. The molecule has 13 heavy (non-hydrogen) atoms. The molecular formula is C4H8BLiO7.